The predicted molar refractivity (Wildman–Crippen MR) is 87.2 cm³/mol. The maximum absolute atomic E-state index is 5.22. The number of aryl methyl sites for hydroxylation is 1. The van der Waals surface area contributed by atoms with E-state index in [-0.39, 0.29) is 6.04 Å². The molecule has 1 aromatic rings. The molecule has 1 atom stereocenters. The Balaban J connectivity index is 2.39. The molecule has 1 aromatic heterocycles. The van der Waals surface area contributed by atoms with Gasteiger partial charge in [-0.1, -0.05) is 19.0 Å². The minimum Gasteiger partial charge on any atom is -0.383 e. The van der Waals surface area contributed by atoms with Crippen molar-refractivity contribution in [1.29, 1.82) is 0 Å². The lowest BCUT2D eigenvalue weighted by Crippen LogP contribution is -2.44. The van der Waals surface area contributed by atoms with E-state index in [1.54, 1.807) is 7.11 Å². The number of nitrogens with one attached hydrogen (secondary N) is 2. The standard InChI is InChI=1S/C15H29N5O2/c1-6-16-15(18-12(4)10-21-5)17-9-7-8-13-19-14(11(2)3)20-22-13/h11-12H,6-10H2,1-5H3,(H2,16,17,18). The minimum atomic E-state index is 0.215. The third kappa shape index (κ3) is 6.89. The number of guanidine groups is 1. The van der Waals surface area contributed by atoms with Crippen LogP contribution < -0.4 is 10.6 Å². The first-order chi connectivity index (χ1) is 10.6. The van der Waals surface area contributed by atoms with Gasteiger partial charge in [0.2, 0.25) is 5.89 Å². The van der Waals surface area contributed by atoms with E-state index in [0.717, 1.165) is 31.2 Å². The molecule has 0 aromatic carbocycles. The molecule has 0 aliphatic rings. The van der Waals surface area contributed by atoms with Crippen LogP contribution in [0.1, 0.15) is 51.7 Å². The van der Waals surface area contributed by atoms with Gasteiger partial charge < -0.3 is 19.9 Å². The highest BCUT2D eigenvalue weighted by molar-refractivity contribution is 5.80. The van der Waals surface area contributed by atoms with E-state index in [1.165, 1.54) is 0 Å². The molecule has 7 nitrogen and oxygen atoms in total. The molecule has 22 heavy (non-hydrogen) atoms. The predicted octanol–water partition coefficient (Wildman–Crippen LogP) is 1.72. The van der Waals surface area contributed by atoms with Crippen LogP contribution in [0.2, 0.25) is 0 Å². The first kappa shape index (κ1) is 18.4. The van der Waals surface area contributed by atoms with Gasteiger partial charge >= 0.3 is 0 Å². The van der Waals surface area contributed by atoms with Crippen LogP contribution in [0.3, 0.4) is 0 Å². The molecular formula is C15H29N5O2. The molecule has 1 rings (SSSR count). The van der Waals surface area contributed by atoms with E-state index >= 15 is 0 Å². The van der Waals surface area contributed by atoms with Crippen molar-refractivity contribution in [3.63, 3.8) is 0 Å². The largest absolute Gasteiger partial charge is 0.383 e. The molecular weight excluding hydrogens is 282 g/mol. The summed E-state index contributed by atoms with van der Waals surface area (Å²) in [5.74, 6) is 2.55. The van der Waals surface area contributed by atoms with Crippen molar-refractivity contribution < 1.29 is 9.26 Å². The van der Waals surface area contributed by atoms with Crippen molar-refractivity contribution in [2.75, 3.05) is 26.8 Å². The van der Waals surface area contributed by atoms with Crippen LogP contribution >= 0.6 is 0 Å². The lowest BCUT2D eigenvalue weighted by Gasteiger charge is -2.16. The lowest BCUT2D eigenvalue weighted by molar-refractivity contribution is 0.179. The van der Waals surface area contributed by atoms with Gasteiger partial charge in [-0.2, -0.15) is 4.98 Å². The van der Waals surface area contributed by atoms with Crippen molar-refractivity contribution in [2.45, 2.75) is 52.5 Å². The van der Waals surface area contributed by atoms with Crippen LogP contribution in [0.4, 0.5) is 0 Å². The summed E-state index contributed by atoms with van der Waals surface area (Å²) in [7, 11) is 1.69. The van der Waals surface area contributed by atoms with E-state index < -0.39 is 0 Å². The highest BCUT2D eigenvalue weighted by Crippen LogP contribution is 2.10. The molecule has 0 amide bonds. The molecule has 7 heteroatoms. The van der Waals surface area contributed by atoms with Gasteiger partial charge in [0.05, 0.1) is 6.61 Å². The van der Waals surface area contributed by atoms with E-state index in [4.69, 9.17) is 9.26 Å². The highest BCUT2D eigenvalue weighted by atomic mass is 16.5. The summed E-state index contributed by atoms with van der Waals surface area (Å²) in [6.45, 7) is 10.4. The van der Waals surface area contributed by atoms with Gasteiger partial charge in [-0.15, -0.1) is 0 Å². The monoisotopic (exact) mass is 311 g/mol. The quantitative estimate of drug-likeness (QED) is 0.410. The second-order valence-corrected chi connectivity index (χ2v) is 5.57. The fraction of sp³-hybridized carbons (Fsp3) is 0.800. The summed E-state index contributed by atoms with van der Waals surface area (Å²) < 4.78 is 10.3. The lowest BCUT2D eigenvalue weighted by atomic mass is 10.2. The Bertz CT molecular complexity index is 445. The number of aromatic nitrogens is 2. The Morgan fingerprint density at radius 3 is 2.73 bits per heavy atom. The van der Waals surface area contributed by atoms with E-state index in [1.807, 2.05) is 6.92 Å². The summed E-state index contributed by atoms with van der Waals surface area (Å²) in [4.78, 5) is 8.90. The minimum absolute atomic E-state index is 0.215. The van der Waals surface area contributed by atoms with Gasteiger partial charge in [-0.3, -0.25) is 4.99 Å². The molecule has 0 saturated carbocycles. The second kappa shape index (κ2) is 10.2. The Labute approximate surface area is 132 Å². The van der Waals surface area contributed by atoms with Crippen molar-refractivity contribution in [3.05, 3.63) is 11.7 Å². The number of ether oxygens (including phenoxy) is 1. The average molecular weight is 311 g/mol. The van der Waals surface area contributed by atoms with Gasteiger partial charge in [0.1, 0.15) is 0 Å². The molecule has 0 radical (unpaired) electrons. The number of rotatable bonds is 9. The maximum Gasteiger partial charge on any atom is 0.226 e. The van der Waals surface area contributed by atoms with E-state index in [2.05, 4.69) is 46.5 Å². The Morgan fingerprint density at radius 2 is 2.14 bits per heavy atom. The Kier molecular flexibility index (Phi) is 8.50. The van der Waals surface area contributed by atoms with Crippen LogP contribution in [0.15, 0.2) is 9.52 Å². The zero-order valence-corrected chi connectivity index (χ0v) is 14.3. The number of nitrogens with zero attached hydrogens (tertiary/aromatic N) is 3. The molecule has 1 heterocycles. The maximum atomic E-state index is 5.22. The van der Waals surface area contributed by atoms with Gasteiger partial charge in [0.25, 0.3) is 0 Å². The molecule has 126 valence electrons. The second-order valence-electron chi connectivity index (χ2n) is 5.57. The average Bonchev–Trinajstić information content (AvgIpc) is 2.93. The summed E-state index contributed by atoms with van der Waals surface area (Å²) in [6, 6.07) is 0.215. The van der Waals surface area contributed by atoms with Crippen molar-refractivity contribution in [3.8, 4) is 0 Å². The molecule has 0 saturated heterocycles. The molecule has 0 fully saturated rings. The van der Waals surface area contributed by atoms with E-state index in [9.17, 15) is 0 Å². The van der Waals surface area contributed by atoms with Crippen LogP contribution in [0, 0.1) is 0 Å². The molecule has 1 unspecified atom stereocenters. The van der Waals surface area contributed by atoms with Crippen LogP contribution in [-0.4, -0.2) is 48.9 Å². The topological polar surface area (TPSA) is 84.6 Å². The zero-order chi connectivity index (χ0) is 16.4. The molecule has 2 N–H and O–H groups in total. The third-order valence-electron chi connectivity index (χ3n) is 2.96. The van der Waals surface area contributed by atoms with Crippen LogP contribution in [0.5, 0.6) is 0 Å². The van der Waals surface area contributed by atoms with Crippen molar-refractivity contribution >= 4 is 5.96 Å². The Hall–Kier alpha value is -1.63. The summed E-state index contributed by atoms with van der Waals surface area (Å²) >= 11 is 0. The number of aliphatic imine (C=N–C) groups is 1. The van der Waals surface area contributed by atoms with Gasteiger partial charge in [0, 0.05) is 38.6 Å². The highest BCUT2D eigenvalue weighted by Gasteiger charge is 2.09. The first-order valence-electron chi connectivity index (χ1n) is 7.93. The first-order valence-corrected chi connectivity index (χ1v) is 7.93. The van der Waals surface area contributed by atoms with E-state index in [0.29, 0.717) is 25.0 Å². The van der Waals surface area contributed by atoms with Crippen molar-refractivity contribution in [1.82, 2.24) is 20.8 Å². The SMILES string of the molecule is CCNC(=NCCCc1nc(C(C)C)no1)NC(C)COC. The van der Waals surface area contributed by atoms with Gasteiger partial charge in [-0.25, -0.2) is 0 Å². The third-order valence-corrected chi connectivity index (χ3v) is 2.96. The normalized spacial score (nSPS) is 13.5. The van der Waals surface area contributed by atoms with Gasteiger partial charge in [-0.05, 0) is 20.3 Å². The zero-order valence-electron chi connectivity index (χ0n) is 14.3. The fourth-order valence-electron chi connectivity index (χ4n) is 1.87. The molecule has 0 spiro atoms. The number of hydrogen-bond donors (Lipinski definition) is 2. The Morgan fingerprint density at radius 1 is 1.36 bits per heavy atom. The molecule has 0 bridgehead atoms. The summed E-state index contributed by atoms with van der Waals surface area (Å²) in [5, 5.41) is 10.5. The van der Waals surface area contributed by atoms with Gasteiger partial charge in [0.15, 0.2) is 11.8 Å². The fourth-order valence-corrected chi connectivity index (χ4v) is 1.87. The molecule has 0 aliphatic carbocycles. The molecule has 0 aliphatic heterocycles. The van der Waals surface area contributed by atoms with Crippen LogP contribution in [-0.2, 0) is 11.2 Å². The number of methoxy groups -OCH3 is 1. The summed E-state index contributed by atoms with van der Waals surface area (Å²) in [5.41, 5.74) is 0. The van der Waals surface area contributed by atoms with Crippen molar-refractivity contribution in [2.24, 2.45) is 4.99 Å². The number of hydrogen-bond acceptors (Lipinski definition) is 5. The van der Waals surface area contributed by atoms with Crippen LogP contribution in [0.25, 0.3) is 0 Å². The smallest absolute Gasteiger partial charge is 0.226 e. The summed E-state index contributed by atoms with van der Waals surface area (Å²) in [6.07, 6.45) is 1.62.